The highest BCUT2D eigenvalue weighted by atomic mass is 32.2. The minimum Gasteiger partial charge on any atom is -0.491 e. The number of hydrogen-bond donors (Lipinski definition) is 1. The van der Waals surface area contributed by atoms with Crippen molar-refractivity contribution in [1.29, 1.82) is 0 Å². The topological polar surface area (TPSA) is 55.5 Å². The van der Waals surface area contributed by atoms with Crippen LogP contribution < -0.4 is 4.74 Å². The summed E-state index contributed by atoms with van der Waals surface area (Å²) in [5.74, 6) is 1.24. The van der Waals surface area contributed by atoms with Crippen molar-refractivity contribution in [2.75, 3.05) is 12.4 Å². The molecular weight excluding hydrogens is 298 g/mol. The summed E-state index contributed by atoms with van der Waals surface area (Å²) < 4.78 is 11.2. The van der Waals surface area contributed by atoms with E-state index in [0.717, 1.165) is 22.4 Å². The van der Waals surface area contributed by atoms with Crippen LogP contribution >= 0.6 is 11.8 Å². The number of aromatic nitrogens is 1. The second kappa shape index (κ2) is 6.85. The third kappa shape index (κ3) is 3.81. The molecule has 0 aliphatic carbocycles. The Morgan fingerprint density at radius 2 is 2.09 bits per heavy atom. The van der Waals surface area contributed by atoms with Gasteiger partial charge in [-0.3, -0.25) is 0 Å². The van der Waals surface area contributed by atoms with Gasteiger partial charge in [0.15, 0.2) is 5.58 Å². The molecule has 0 aliphatic heterocycles. The summed E-state index contributed by atoms with van der Waals surface area (Å²) >= 11 is 1.38. The smallest absolute Gasteiger partial charge is 0.256 e. The number of rotatable bonds is 6. The molecule has 1 atom stereocenters. The number of hydrogen-bond acceptors (Lipinski definition) is 5. The third-order valence-corrected chi connectivity index (χ3v) is 4.08. The van der Waals surface area contributed by atoms with Crippen molar-refractivity contribution in [3.05, 3.63) is 54.1 Å². The largest absolute Gasteiger partial charge is 0.491 e. The lowest BCUT2D eigenvalue weighted by molar-refractivity contribution is 0.126. The maximum absolute atomic E-state index is 10.0. The Kier molecular flexibility index (Phi) is 4.65. The van der Waals surface area contributed by atoms with E-state index in [4.69, 9.17) is 9.15 Å². The lowest BCUT2D eigenvalue weighted by atomic mass is 10.2. The second-order valence-electron chi connectivity index (χ2n) is 5.04. The molecule has 0 radical (unpaired) electrons. The molecule has 5 heteroatoms. The molecule has 22 heavy (non-hydrogen) atoms. The van der Waals surface area contributed by atoms with E-state index in [2.05, 4.69) is 4.98 Å². The van der Waals surface area contributed by atoms with Gasteiger partial charge in [-0.1, -0.05) is 36.0 Å². The van der Waals surface area contributed by atoms with Crippen molar-refractivity contribution in [2.24, 2.45) is 0 Å². The summed E-state index contributed by atoms with van der Waals surface area (Å²) in [6.07, 6.45) is -0.583. The van der Waals surface area contributed by atoms with E-state index < -0.39 is 6.10 Å². The normalized spacial score (nSPS) is 12.5. The van der Waals surface area contributed by atoms with Gasteiger partial charge in [0.25, 0.3) is 5.22 Å². The lowest BCUT2D eigenvalue weighted by Crippen LogP contribution is -2.20. The van der Waals surface area contributed by atoms with Gasteiger partial charge in [-0.2, -0.15) is 0 Å². The van der Waals surface area contributed by atoms with E-state index in [9.17, 15) is 5.11 Å². The van der Waals surface area contributed by atoms with Crippen LogP contribution in [0.15, 0.2) is 58.2 Å². The zero-order valence-corrected chi connectivity index (χ0v) is 13.0. The van der Waals surface area contributed by atoms with Gasteiger partial charge in [0.1, 0.15) is 17.9 Å². The summed E-state index contributed by atoms with van der Waals surface area (Å²) in [7, 11) is 0. The van der Waals surface area contributed by atoms with Crippen LogP contribution in [-0.4, -0.2) is 28.6 Å². The molecule has 0 amide bonds. The first kappa shape index (κ1) is 14.9. The number of aryl methyl sites for hydroxylation is 1. The van der Waals surface area contributed by atoms with Gasteiger partial charge < -0.3 is 14.3 Å². The van der Waals surface area contributed by atoms with Crippen LogP contribution in [0.4, 0.5) is 0 Å². The molecule has 1 N–H and O–H groups in total. The fraction of sp³-hybridized carbons (Fsp3) is 0.235. The third-order valence-electron chi connectivity index (χ3n) is 3.11. The number of para-hydroxylation sites is 2. The molecule has 0 fully saturated rings. The maximum atomic E-state index is 10.0. The molecule has 1 heterocycles. The number of nitrogens with zero attached hydrogens (tertiary/aromatic N) is 1. The second-order valence-corrected chi connectivity index (χ2v) is 6.01. The number of oxazole rings is 1. The van der Waals surface area contributed by atoms with Crippen LogP contribution in [0.3, 0.4) is 0 Å². The molecule has 3 aromatic rings. The molecule has 2 aromatic carbocycles. The maximum Gasteiger partial charge on any atom is 0.256 e. The van der Waals surface area contributed by atoms with Gasteiger partial charge in [0, 0.05) is 5.75 Å². The van der Waals surface area contributed by atoms with Crippen molar-refractivity contribution in [1.82, 2.24) is 4.98 Å². The Balaban J connectivity index is 1.50. The minimum absolute atomic E-state index is 0.247. The molecule has 0 saturated heterocycles. The molecule has 0 unspecified atom stereocenters. The zero-order chi connectivity index (χ0) is 15.4. The van der Waals surface area contributed by atoms with Crippen LogP contribution in [0.1, 0.15) is 5.56 Å². The van der Waals surface area contributed by atoms with Crippen LogP contribution in [0.25, 0.3) is 11.1 Å². The Morgan fingerprint density at radius 1 is 1.23 bits per heavy atom. The predicted octanol–water partition coefficient (Wildman–Crippen LogP) is 3.67. The summed E-state index contributed by atoms with van der Waals surface area (Å²) in [6.45, 7) is 2.25. The number of benzene rings is 2. The average molecular weight is 315 g/mol. The van der Waals surface area contributed by atoms with Crippen molar-refractivity contribution in [2.45, 2.75) is 18.3 Å². The van der Waals surface area contributed by atoms with E-state index >= 15 is 0 Å². The molecule has 0 spiro atoms. The van der Waals surface area contributed by atoms with Crippen LogP contribution in [-0.2, 0) is 0 Å². The zero-order valence-electron chi connectivity index (χ0n) is 12.2. The number of thioether (sulfide) groups is 1. The fourth-order valence-electron chi connectivity index (χ4n) is 2.03. The van der Waals surface area contributed by atoms with Crippen molar-refractivity contribution >= 4 is 22.9 Å². The summed E-state index contributed by atoms with van der Waals surface area (Å²) in [6, 6.07) is 15.4. The quantitative estimate of drug-likeness (QED) is 0.703. The SMILES string of the molecule is Cc1cccc(OC[C@@H](O)CSc2nc3ccccc3o2)c1. The number of fused-ring (bicyclic) bond motifs is 1. The Labute approximate surface area is 133 Å². The van der Waals surface area contributed by atoms with Gasteiger partial charge in [-0.15, -0.1) is 0 Å². The van der Waals surface area contributed by atoms with Crippen LogP contribution in [0.5, 0.6) is 5.75 Å². The van der Waals surface area contributed by atoms with E-state index in [1.807, 2.05) is 55.5 Å². The van der Waals surface area contributed by atoms with Crippen LogP contribution in [0, 0.1) is 6.92 Å². The highest BCUT2D eigenvalue weighted by molar-refractivity contribution is 7.99. The Bertz CT molecular complexity index is 723. The van der Waals surface area contributed by atoms with E-state index in [0.29, 0.717) is 11.0 Å². The van der Waals surface area contributed by atoms with E-state index in [1.54, 1.807) is 0 Å². The molecule has 3 rings (SSSR count). The Hall–Kier alpha value is -1.98. The fourth-order valence-corrected chi connectivity index (χ4v) is 2.77. The predicted molar refractivity (Wildman–Crippen MR) is 87.4 cm³/mol. The first-order valence-electron chi connectivity index (χ1n) is 7.06. The van der Waals surface area contributed by atoms with E-state index in [1.165, 1.54) is 11.8 Å². The number of aliphatic hydroxyl groups excluding tert-OH is 1. The van der Waals surface area contributed by atoms with Gasteiger partial charge >= 0.3 is 0 Å². The molecule has 4 nitrogen and oxygen atoms in total. The molecule has 1 aromatic heterocycles. The van der Waals surface area contributed by atoms with Crippen molar-refractivity contribution in [3.63, 3.8) is 0 Å². The highest BCUT2D eigenvalue weighted by Crippen LogP contribution is 2.23. The first-order chi connectivity index (χ1) is 10.7. The van der Waals surface area contributed by atoms with Crippen LogP contribution in [0.2, 0.25) is 0 Å². The van der Waals surface area contributed by atoms with Gasteiger partial charge in [-0.05, 0) is 36.8 Å². The standard InChI is InChI=1S/C17H17NO3S/c1-12-5-4-6-14(9-12)20-10-13(19)11-22-17-18-15-7-2-3-8-16(15)21-17/h2-9,13,19H,10-11H2,1H3/t13-/m1/s1. The number of aliphatic hydroxyl groups is 1. The van der Waals surface area contributed by atoms with Gasteiger partial charge in [0.05, 0.1) is 6.10 Å². The number of ether oxygens (including phenoxy) is 1. The van der Waals surface area contributed by atoms with Gasteiger partial charge in [0.2, 0.25) is 0 Å². The molecule has 0 aliphatic rings. The van der Waals surface area contributed by atoms with Crippen molar-refractivity contribution < 1.29 is 14.3 Å². The van der Waals surface area contributed by atoms with Crippen molar-refractivity contribution in [3.8, 4) is 5.75 Å². The average Bonchev–Trinajstić information content (AvgIpc) is 2.94. The Morgan fingerprint density at radius 3 is 2.91 bits per heavy atom. The molecular formula is C17H17NO3S. The minimum atomic E-state index is -0.583. The summed E-state index contributed by atoms with van der Waals surface area (Å²) in [4.78, 5) is 4.36. The molecule has 0 saturated carbocycles. The van der Waals surface area contributed by atoms with E-state index in [-0.39, 0.29) is 6.61 Å². The van der Waals surface area contributed by atoms with Gasteiger partial charge in [-0.25, -0.2) is 4.98 Å². The molecule has 114 valence electrons. The molecule has 0 bridgehead atoms. The lowest BCUT2D eigenvalue weighted by Gasteiger charge is -2.11. The summed E-state index contributed by atoms with van der Waals surface area (Å²) in [5, 5.41) is 10.6. The monoisotopic (exact) mass is 315 g/mol. The first-order valence-corrected chi connectivity index (χ1v) is 8.05. The highest BCUT2D eigenvalue weighted by Gasteiger charge is 2.10. The summed E-state index contributed by atoms with van der Waals surface area (Å²) in [5.41, 5.74) is 2.72.